The highest BCUT2D eigenvalue weighted by atomic mass is 32.1. The van der Waals surface area contributed by atoms with Crippen LogP contribution < -0.4 is 16.0 Å². The van der Waals surface area contributed by atoms with E-state index in [4.69, 9.17) is 0 Å². The van der Waals surface area contributed by atoms with Gasteiger partial charge in [-0.05, 0) is 24.3 Å². The van der Waals surface area contributed by atoms with E-state index in [0.29, 0.717) is 17.7 Å². The molecule has 0 spiro atoms. The summed E-state index contributed by atoms with van der Waals surface area (Å²) < 4.78 is 0. The molecule has 1 aromatic heterocycles. The van der Waals surface area contributed by atoms with E-state index in [1.807, 2.05) is 0 Å². The fourth-order valence-electron chi connectivity index (χ4n) is 2.41. The van der Waals surface area contributed by atoms with E-state index >= 15 is 0 Å². The quantitative estimate of drug-likeness (QED) is 0.771. The Kier molecular flexibility index (Phi) is 4.73. The number of carbonyl (C=O) groups excluding carboxylic acids is 3. The van der Waals surface area contributed by atoms with Gasteiger partial charge in [0.15, 0.2) is 0 Å². The summed E-state index contributed by atoms with van der Waals surface area (Å²) >= 11 is 1.26. The van der Waals surface area contributed by atoms with E-state index in [2.05, 4.69) is 10.9 Å². The van der Waals surface area contributed by atoms with Crippen LogP contribution in [0.15, 0.2) is 17.5 Å². The Hall–Kier alpha value is -1.89. The zero-order chi connectivity index (χ0) is 14.5. The summed E-state index contributed by atoms with van der Waals surface area (Å²) in [6.45, 7) is 0. The van der Waals surface area contributed by atoms with E-state index in [-0.39, 0.29) is 0 Å². The predicted molar refractivity (Wildman–Crippen MR) is 70.4 cm³/mol. The molecule has 0 aliphatic heterocycles. The van der Waals surface area contributed by atoms with Gasteiger partial charge in [-0.3, -0.25) is 20.4 Å². The summed E-state index contributed by atoms with van der Waals surface area (Å²) in [6.07, 6.45) is 2.53. The van der Waals surface area contributed by atoms with Crippen LogP contribution in [0.1, 0.15) is 35.4 Å². The van der Waals surface area contributed by atoms with Gasteiger partial charge in [0, 0.05) is 17.8 Å². The van der Waals surface area contributed by atoms with Crippen molar-refractivity contribution in [1.29, 1.82) is 0 Å². The van der Waals surface area contributed by atoms with Crippen LogP contribution >= 0.6 is 11.3 Å². The highest BCUT2D eigenvalue weighted by molar-refractivity contribution is 7.12. The van der Waals surface area contributed by atoms with Crippen molar-refractivity contribution in [2.24, 2.45) is 11.8 Å². The lowest BCUT2D eigenvalue weighted by atomic mass is 9.79. The van der Waals surface area contributed by atoms with Crippen LogP contribution in [0, 0.1) is 11.8 Å². The summed E-state index contributed by atoms with van der Waals surface area (Å²) in [5.74, 6) is -3.49. The lowest BCUT2D eigenvalue weighted by Gasteiger charge is -2.31. The molecule has 0 bridgehead atoms. The summed E-state index contributed by atoms with van der Waals surface area (Å²) in [7, 11) is 0. The van der Waals surface area contributed by atoms with Crippen LogP contribution in [0.5, 0.6) is 0 Å². The average Bonchev–Trinajstić information content (AvgIpc) is 2.98. The number of thiophene rings is 1. The number of hydrazine groups is 1. The number of amides is 2. The Bertz CT molecular complexity index is 500. The summed E-state index contributed by atoms with van der Waals surface area (Å²) in [5.41, 5.74) is 4.60. The van der Waals surface area contributed by atoms with E-state index < -0.39 is 29.6 Å². The maximum absolute atomic E-state index is 12.0. The first-order valence-electron chi connectivity index (χ1n) is 6.44. The minimum absolute atomic E-state index is 0.408. The topological polar surface area (TPSA) is 98.3 Å². The van der Waals surface area contributed by atoms with Gasteiger partial charge in [-0.15, -0.1) is 11.3 Å². The van der Waals surface area contributed by atoms with Gasteiger partial charge in [-0.1, -0.05) is 18.9 Å². The third-order valence-electron chi connectivity index (χ3n) is 3.45. The monoisotopic (exact) mass is 295 g/mol. The molecule has 1 fully saturated rings. The summed E-state index contributed by atoms with van der Waals surface area (Å²) in [6, 6.07) is 3.37. The Morgan fingerprint density at radius 1 is 1.15 bits per heavy atom. The summed E-state index contributed by atoms with van der Waals surface area (Å²) in [5, 5.41) is 12.8. The third-order valence-corrected chi connectivity index (χ3v) is 4.32. The Balaban J connectivity index is 1.90. The largest absolute Gasteiger partial charge is 0.550 e. The average molecular weight is 295 g/mol. The number of carboxylic acids is 1. The first-order chi connectivity index (χ1) is 9.59. The SMILES string of the molecule is O=C(NNC(=O)[C@@H]1CCCC[C@@H]1C(=O)[O-])c1cccs1. The molecule has 0 unspecified atom stereocenters. The Morgan fingerprint density at radius 3 is 2.45 bits per heavy atom. The number of carbonyl (C=O) groups is 3. The van der Waals surface area contributed by atoms with Crippen LogP contribution in [-0.4, -0.2) is 17.8 Å². The molecule has 1 aliphatic rings. The van der Waals surface area contributed by atoms with Crippen molar-refractivity contribution >= 4 is 29.1 Å². The minimum Gasteiger partial charge on any atom is -0.550 e. The fraction of sp³-hybridized carbons (Fsp3) is 0.462. The molecule has 2 atom stereocenters. The van der Waals surface area contributed by atoms with E-state index in [0.717, 1.165) is 12.8 Å². The van der Waals surface area contributed by atoms with Crippen LogP contribution in [0.25, 0.3) is 0 Å². The smallest absolute Gasteiger partial charge is 0.279 e. The second-order valence-electron chi connectivity index (χ2n) is 4.74. The zero-order valence-corrected chi connectivity index (χ0v) is 11.6. The van der Waals surface area contributed by atoms with Gasteiger partial charge < -0.3 is 9.90 Å². The molecule has 2 N–H and O–H groups in total. The number of rotatable bonds is 3. The first kappa shape index (κ1) is 14.5. The molecule has 1 heterocycles. The van der Waals surface area contributed by atoms with Gasteiger partial charge in [0.2, 0.25) is 5.91 Å². The van der Waals surface area contributed by atoms with Gasteiger partial charge in [-0.25, -0.2) is 0 Å². The molecule has 2 amide bonds. The molecule has 1 aliphatic carbocycles. The predicted octanol–water partition coefficient (Wildman–Crippen LogP) is 0.0654. The van der Waals surface area contributed by atoms with Gasteiger partial charge >= 0.3 is 0 Å². The number of nitrogens with one attached hydrogen (secondary N) is 2. The molecule has 108 valence electrons. The third kappa shape index (κ3) is 3.36. The van der Waals surface area contributed by atoms with Gasteiger partial charge in [-0.2, -0.15) is 0 Å². The lowest BCUT2D eigenvalue weighted by Crippen LogP contribution is -2.49. The fourth-order valence-corrected chi connectivity index (χ4v) is 3.03. The highest BCUT2D eigenvalue weighted by Gasteiger charge is 2.31. The lowest BCUT2D eigenvalue weighted by molar-refractivity contribution is -0.314. The molecule has 0 aromatic carbocycles. The van der Waals surface area contributed by atoms with Crippen LogP contribution in [0.2, 0.25) is 0 Å². The molecular weight excluding hydrogens is 280 g/mol. The molecule has 7 heteroatoms. The number of carboxylic acid groups (broad SMARTS) is 1. The van der Waals surface area contributed by atoms with E-state index in [1.54, 1.807) is 17.5 Å². The molecule has 1 aromatic rings. The second kappa shape index (κ2) is 6.51. The first-order valence-corrected chi connectivity index (χ1v) is 7.32. The molecule has 2 rings (SSSR count). The van der Waals surface area contributed by atoms with Crippen molar-refractivity contribution in [1.82, 2.24) is 10.9 Å². The summed E-state index contributed by atoms with van der Waals surface area (Å²) in [4.78, 5) is 35.1. The van der Waals surface area contributed by atoms with Crippen molar-refractivity contribution in [2.75, 3.05) is 0 Å². The molecule has 20 heavy (non-hydrogen) atoms. The Morgan fingerprint density at radius 2 is 1.85 bits per heavy atom. The van der Waals surface area contributed by atoms with Gasteiger partial charge in [0.1, 0.15) is 0 Å². The maximum Gasteiger partial charge on any atom is 0.279 e. The van der Waals surface area contributed by atoms with E-state index in [1.165, 1.54) is 11.3 Å². The molecule has 1 saturated carbocycles. The number of aliphatic carboxylic acids is 1. The molecule has 0 saturated heterocycles. The second-order valence-corrected chi connectivity index (χ2v) is 5.68. The van der Waals surface area contributed by atoms with Gasteiger partial charge in [0.25, 0.3) is 5.91 Å². The van der Waals surface area contributed by atoms with Crippen molar-refractivity contribution in [3.63, 3.8) is 0 Å². The molecule has 0 radical (unpaired) electrons. The van der Waals surface area contributed by atoms with Crippen molar-refractivity contribution in [3.05, 3.63) is 22.4 Å². The maximum atomic E-state index is 12.0. The standard InChI is InChI=1S/C13H16N2O4S/c16-11(8-4-1-2-5-9(8)13(18)19)14-15-12(17)10-6-3-7-20-10/h3,6-9H,1-2,4-5H2,(H,14,16)(H,15,17)(H,18,19)/p-1/t8-,9+/m1/s1. The van der Waals surface area contributed by atoms with Crippen LogP contribution in [0.4, 0.5) is 0 Å². The highest BCUT2D eigenvalue weighted by Crippen LogP contribution is 2.29. The van der Waals surface area contributed by atoms with E-state index in [9.17, 15) is 19.5 Å². The number of hydrogen-bond donors (Lipinski definition) is 2. The van der Waals surface area contributed by atoms with Crippen molar-refractivity contribution in [2.45, 2.75) is 25.7 Å². The Labute approximate surface area is 120 Å². The van der Waals surface area contributed by atoms with Crippen molar-refractivity contribution < 1.29 is 19.5 Å². The minimum atomic E-state index is -1.20. The normalized spacial score (nSPS) is 22.0. The molecule has 6 nitrogen and oxygen atoms in total. The van der Waals surface area contributed by atoms with Crippen LogP contribution in [0.3, 0.4) is 0 Å². The zero-order valence-electron chi connectivity index (χ0n) is 10.8. The number of hydrogen-bond acceptors (Lipinski definition) is 5. The molecular formula is C13H15N2O4S-. The van der Waals surface area contributed by atoms with Crippen molar-refractivity contribution in [3.8, 4) is 0 Å². The van der Waals surface area contributed by atoms with Crippen LogP contribution in [-0.2, 0) is 9.59 Å². The van der Waals surface area contributed by atoms with Gasteiger partial charge in [0.05, 0.1) is 4.88 Å².